The number of thioether (sulfide) groups is 1. The monoisotopic (exact) mass is 237 g/mol. The van der Waals surface area contributed by atoms with Crippen LogP contribution in [0.2, 0.25) is 0 Å². The van der Waals surface area contributed by atoms with E-state index in [-0.39, 0.29) is 21.6 Å². The van der Waals surface area contributed by atoms with E-state index >= 15 is 0 Å². The first-order valence-electron chi connectivity index (χ1n) is 3.54. The summed E-state index contributed by atoms with van der Waals surface area (Å²) in [6.45, 7) is 0. The molecule has 0 saturated carbocycles. The summed E-state index contributed by atoms with van der Waals surface area (Å²) in [5.74, 6) is 0. The maximum Gasteiger partial charge on any atom is 0.446 e. The van der Waals surface area contributed by atoms with E-state index in [1.807, 2.05) is 0 Å². The van der Waals surface area contributed by atoms with Gasteiger partial charge < -0.3 is 5.73 Å². The lowest BCUT2D eigenvalue weighted by Crippen LogP contribution is -2.08. The number of hydrogen-bond donors (Lipinski definition) is 1. The van der Waals surface area contributed by atoms with Gasteiger partial charge in [0.05, 0.1) is 0 Å². The highest BCUT2D eigenvalue weighted by Gasteiger charge is 2.28. The molecule has 76 valence electrons. The number of hydrogen-bond acceptors (Lipinski definition) is 2. The molecule has 0 heterocycles. The lowest BCUT2D eigenvalue weighted by molar-refractivity contribution is -0.0328. The van der Waals surface area contributed by atoms with E-state index in [0.717, 1.165) is 0 Å². The molecule has 0 saturated heterocycles. The standard InChI is InChI=1S/C8H6F3NS2/c9-8(10,11)14-6-3-1-5(2-4-6)7(12)13/h1-4H,(H2,12,13). The lowest BCUT2D eigenvalue weighted by atomic mass is 10.2. The van der Waals surface area contributed by atoms with Crippen molar-refractivity contribution in [3.05, 3.63) is 29.8 Å². The number of rotatable bonds is 2. The zero-order valence-corrected chi connectivity index (χ0v) is 8.47. The van der Waals surface area contributed by atoms with Crippen LogP contribution in [-0.2, 0) is 0 Å². The van der Waals surface area contributed by atoms with Gasteiger partial charge in [0.25, 0.3) is 0 Å². The molecule has 0 aromatic heterocycles. The zero-order chi connectivity index (χ0) is 10.8. The van der Waals surface area contributed by atoms with Crippen molar-refractivity contribution < 1.29 is 13.2 Å². The lowest BCUT2D eigenvalue weighted by Gasteiger charge is -2.05. The van der Waals surface area contributed by atoms with Crippen LogP contribution in [-0.4, -0.2) is 10.5 Å². The third kappa shape index (κ3) is 3.55. The van der Waals surface area contributed by atoms with E-state index in [4.69, 9.17) is 5.73 Å². The maximum absolute atomic E-state index is 11.9. The Morgan fingerprint density at radius 3 is 2.07 bits per heavy atom. The van der Waals surface area contributed by atoms with Gasteiger partial charge in [-0.25, -0.2) is 0 Å². The smallest absolute Gasteiger partial charge is 0.389 e. The summed E-state index contributed by atoms with van der Waals surface area (Å²) in [6.07, 6.45) is 0. The molecule has 0 unspecified atom stereocenters. The minimum absolute atomic E-state index is 0.123. The Kier molecular flexibility index (Phi) is 3.38. The van der Waals surface area contributed by atoms with Crippen LogP contribution in [0.3, 0.4) is 0 Å². The average molecular weight is 237 g/mol. The molecule has 0 aliphatic carbocycles. The predicted molar refractivity (Wildman–Crippen MR) is 54.2 cm³/mol. The fourth-order valence-electron chi connectivity index (χ4n) is 0.821. The number of benzene rings is 1. The van der Waals surface area contributed by atoms with Gasteiger partial charge in [0.2, 0.25) is 0 Å². The average Bonchev–Trinajstić information content (AvgIpc) is 2.02. The molecule has 1 rings (SSSR count). The molecule has 1 aromatic rings. The van der Waals surface area contributed by atoms with Crippen LogP contribution < -0.4 is 5.73 Å². The predicted octanol–water partition coefficient (Wildman–Crippen LogP) is 2.93. The van der Waals surface area contributed by atoms with Crippen LogP contribution in [0.25, 0.3) is 0 Å². The third-order valence-corrected chi connectivity index (χ3v) is 2.35. The van der Waals surface area contributed by atoms with Gasteiger partial charge in [0.1, 0.15) is 4.99 Å². The number of alkyl halides is 3. The highest BCUT2D eigenvalue weighted by Crippen LogP contribution is 2.36. The van der Waals surface area contributed by atoms with Gasteiger partial charge in [-0.3, -0.25) is 0 Å². The fraction of sp³-hybridized carbons (Fsp3) is 0.125. The number of thiocarbonyl (C=S) groups is 1. The SMILES string of the molecule is NC(=S)c1ccc(SC(F)(F)F)cc1. The molecule has 1 aromatic carbocycles. The number of nitrogens with two attached hydrogens (primary N) is 1. The third-order valence-electron chi connectivity index (χ3n) is 1.37. The topological polar surface area (TPSA) is 26.0 Å². The summed E-state index contributed by atoms with van der Waals surface area (Å²) >= 11 is 4.50. The second-order valence-electron chi connectivity index (χ2n) is 2.44. The van der Waals surface area contributed by atoms with E-state index < -0.39 is 5.51 Å². The van der Waals surface area contributed by atoms with E-state index in [1.165, 1.54) is 24.3 Å². The molecule has 6 heteroatoms. The minimum Gasteiger partial charge on any atom is -0.389 e. The van der Waals surface area contributed by atoms with E-state index in [2.05, 4.69) is 12.2 Å². The largest absolute Gasteiger partial charge is 0.446 e. The Hall–Kier alpha value is -0.750. The molecule has 14 heavy (non-hydrogen) atoms. The molecule has 0 atom stereocenters. The Bertz CT molecular complexity index is 331. The van der Waals surface area contributed by atoms with E-state index in [0.29, 0.717) is 5.56 Å². The van der Waals surface area contributed by atoms with Crippen molar-refractivity contribution >= 4 is 29.0 Å². The molecule has 0 bridgehead atoms. The Balaban J connectivity index is 2.79. The highest BCUT2D eigenvalue weighted by atomic mass is 32.2. The normalized spacial score (nSPS) is 11.4. The van der Waals surface area contributed by atoms with Crippen molar-refractivity contribution in [3.63, 3.8) is 0 Å². The van der Waals surface area contributed by atoms with Crippen molar-refractivity contribution in [2.75, 3.05) is 0 Å². The second-order valence-corrected chi connectivity index (χ2v) is 4.01. The molecule has 0 aliphatic heterocycles. The first-order chi connectivity index (χ1) is 6.38. The molecule has 0 spiro atoms. The first kappa shape index (κ1) is 11.3. The Morgan fingerprint density at radius 1 is 1.21 bits per heavy atom. The van der Waals surface area contributed by atoms with Gasteiger partial charge in [0, 0.05) is 10.5 Å². The van der Waals surface area contributed by atoms with Gasteiger partial charge in [0.15, 0.2) is 0 Å². The van der Waals surface area contributed by atoms with Crippen LogP contribution in [0.5, 0.6) is 0 Å². The summed E-state index contributed by atoms with van der Waals surface area (Å²) in [6, 6.07) is 5.62. The summed E-state index contributed by atoms with van der Waals surface area (Å²) in [7, 11) is 0. The van der Waals surface area contributed by atoms with Crippen molar-refractivity contribution in [2.24, 2.45) is 5.73 Å². The Labute approximate surface area is 88.5 Å². The van der Waals surface area contributed by atoms with E-state index in [1.54, 1.807) is 0 Å². The van der Waals surface area contributed by atoms with Crippen molar-refractivity contribution in [3.8, 4) is 0 Å². The van der Waals surface area contributed by atoms with Crippen LogP contribution in [0.1, 0.15) is 5.56 Å². The van der Waals surface area contributed by atoms with Gasteiger partial charge in [-0.2, -0.15) is 13.2 Å². The fourth-order valence-corrected chi connectivity index (χ4v) is 1.50. The van der Waals surface area contributed by atoms with Gasteiger partial charge in [-0.1, -0.05) is 24.4 Å². The van der Waals surface area contributed by atoms with Crippen molar-refractivity contribution in [2.45, 2.75) is 10.4 Å². The molecule has 1 nitrogen and oxygen atoms in total. The van der Waals surface area contributed by atoms with Gasteiger partial charge >= 0.3 is 5.51 Å². The van der Waals surface area contributed by atoms with E-state index in [9.17, 15) is 13.2 Å². The molecule has 0 aliphatic rings. The maximum atomic E-state index is 11.9. The van der Waals surface area contributed by atoms with Crippen molar-refractivity contribution in [1.29, 1.82) is 0 Å². The van der Waals surface area contributed by atoms with Crippen LogP contribution in [0.15, 0.2) is 29.2 Å². The molecule has 0 amide bonds. The summed E-state index contributed by atoms with van der Waals surface area (Å²) in [4.78, 5) is 0.297. The first-order valence-corrected chi connectivity index (χ1v) is 4.76. The number of halogens is 3. The highest BCUT2D eigenvalue weighted by molar-refractivity contribution is 8.00. The Morgan fingerprint density at radius 2 is 1.71 bits per heavy atom. The molecular weight excluding hydrogens is 231 g/mol. The second kappa shape index (κ2) is 4.18. The zero-order valence-electron chi connectivity index (χ0n) is 6.84. The summed E-state index contributed by atoms with van der Waals surface area (Å²) < 4.78 is 35.7. The quantitative estimate of drug-likeness (QED) is 0.632. The van der Waals surface area contributed by atoms with Crippen LogP contribution >= 0.6 is 24.0 Å². The molecule has 0 fully saturated rings. The molecule has 2 N–H and O–H groups in total. The van der Waals surface area contributed by atoms with Crippen LogP contribution in [0.4, 0.5) is 13.2 Å². The summed E-state index contributed by atoms with van der Waals surface area (Å²) in [5, 5.41) is 0. The van der Waals surface area contributed by atoms with Crippen LogP contribution in [0, 0.1) is 0 Å². The molecular formula is C8H6F3NS2. The van der Waals surface area contributed by atoms with Crippen molar-refractivity contribution in [1.82, 2.24) is 0 Å². The molecule has 0 radical (unpaired) electrons. The summed E-state index contributed by atoms with van der Waals surface area (Å²) in [5.41, 5.74) is 1.60. The minimum atomic E-state index is -4.26. The van der Waals surface area contributed by atoms with Gasteiger partial charge in [-0.15, -0.1) is 0 Å². The van der Waals surface area contributed by atoms with Gasteiger partial charge in [-0.05, 0) is 23.9 Å².